The second-order valence-electron chi connectivity index (χ2n) is 8.05. The van der Waals surface area contributed by atoms with Crippen molar-refractivity contribution >= 4 is 5.96 Å². The molecule has 1 aliphatic heterocycles. The SMILES string of the molecule is CCNC(=NCC1CN(CC(C)C)CCO1)NCCCOCc1ccc(OC)cc1. The number of nitrogens with zero attached hydrogens (tertiary/aromatic N) is 2. The molecule has 1 atom stereocenters. The normalized spacial score (nSPS) is 17.9. The minimum Gasteiger partial charge on any atom is -0.497 e. The fraction of sp³-hybridized carbons (Fsp3) is 0.696. The van der Waals surface area contributed by atoms with Gasteiger partial charge in [-0.15, -0.1) is 0 Å². The molecule has 1 saturated heterocycles. The molecule has 0 radical (unpaired) electrons. The van der Waals surface area contributed by atoms with Crippen LogP contribution in [0, 0.1) is 5.92 Å². The van der Waals surface area contributed by atoms with Gasteiger partial charge < -0.3 is 24.8 Å². The quantitative estimate of drug-likeness (QED) is 0.308. The first-order chi connectivity index (χ1) is 14.6. The molecule has 0 spiro atoms. The van der Waals surface area contributed by atoms with Crippen LogP contribution in [0.2, 0.25) is 0 Å². The molecular weight excluding hydrogens is 380 g/mol. The molecule has 30 heavy (non-hydrogen) atoms. The zero-order valence-electron chi connectivity index (χ0n) is 19.2. The molecule has 0 saturated carbocycles. The number of ether oxygens (including phenoxy) is 3. The Balaban J connectivity index is 1.64. The van der Waals surface area contributed by atoms with Crippen LogP contribution in [0.25, 0.3) is 0 Å². The molecule has 2 rings (SSSR count). The van der Waals surface area contributed by atoms with Crippen LogP contribution >= 0.6 is 0 Å². The van der Waals surface area contributed by atoms with Crippen LogP contribution in [0.15, 0.2) is 29.3 Å². The summed E-state index contributed by atoms with van der Waals surface area (Å²) in [6.07, 6.45) is 1.09. The van der Waals surface area contributed by atoms with Crippen molar-refractivity contribution in [3.8, 4) is 5.75 Å². The van der Waals surface area contributed by atoms with Gasteiger partial charge in [-0.3, -0.25) is 9.89 Å². The summed E-state index contributed by atoms with van der Waals surface area (Å²) in [6, 6.07) is 7.97. The summed E-state index contributed by atoms with van der Waals surface area (Å²) in [5.74, 6) is 2.39. The predicted octanol–water partition coefficient (Wildman–Crippen LogP) is 2.51. The molecule has 1 aromatic carbocycles. The maximum atomic E-state index is 5.90. The fourth-order valence-corrected chi connectivity index (χ4v) is 3.40. The minimum atomic E-state index is 0.167. The first-order valence-electron chi connectivity index (χ1n) is 11.2. The molecule has 1 heterocycles. The van der Waals surface area contributed by atoms with Gasteiger partial charge in [0.05, 0.1) is 33.0 Å². The monoisotopic (exact) mass is 420 g/mol. The first-order valence-corrected chi connectivity index (χ1v) is 11.2. The number of aliphatic imine (C=N–C) groups is 1. The van der Waals surface area contributed by atoms with Crippen molar-refractivity contribution in [2.45, 2.75) is 39.9 Å². The summed E-state index contributed by atoms with van der Waals surface area (Å²) in [5, 5.41) is 6.70. The molecule has 170 valence electrons. The highest BCUT2D eigenvalue weighted by Gasteiger charge is 2.20. The maximum absolute atomic E-state index is 5.90. The standard InChI is InChI=1S/C23H40N4O3/c1-5-24-23(26-15-22-17-27(12-14-30-22)16-19(2)3)25-11-6-13-29-18-20-7-9-21(28-4)10-8-20/h7-10,19,22H,5-6,11-18H2,1-4H3,(H2,24,25,26). The molecule has 2 N–H and O–H groups in total. The van der Waals surface area contributed by atoms with Crippen LogP contribution in [0.1, 0.15) is 32.8 Å². The van der Waals surface area contributed by atoms with Gasteiger partial charge in [-0.2, -0.15) is 0 Å². The highest BCUT2D eigenvalue weighted by Crippen LogP contribution is 2.12. The van der Waals surface area contributed by atoms with Gasteiger partial charge in [-0.1, -0.05) is 26.0 Å². The number of hydrogen-bond acceptors (Lipinski definition) is 5. The van der Waals surface area contributed by atoms with E-state index in [0.717, 1.165) is 63.0 Å². The highest BCUT2D eigenvalue weighted by atomic mass is 16.5. The topological polar surface area (TPSA) is 67.4 Å². The smallest absolute Gasteiger partial charge is 0.191 e. The Morgan fingerprint density at radius 1 is 1.27 bits per heavy atom. The van der Waals surface area contributed by atoms with Crippen molar-refractivity contribution in [3.05, 3.63) is 29.8 Å². The molecule has 0 aromatic heterocycles. The molecule has 7 nitrogen and oxygen atoms in total. The molecule has 7 heteroatoms. The number of methoxy groups -OCH3 is 1. The van der Waals surface area contributed by atoms with E-state index in [1.54, 1.807) is 7.11 Å². The average molecular weight is 421 g/mol. The van der Waals surface area contributed by atoms with Gasteiger partial charge in [0.2, 0.25) is 0 Å². The molecular formula is C23H40N4O3. The van der Waals surface area contributed by atoms with Crippen LogP contribution in [0.4, 0.5) is 0 Å². The van der Waals surface area contributed by atoms with Crippen molar-refractivity contribution in [1.29, 1.82) is 0 Å². The Morgan fingerprint density at radius 3 is 2.77 bits per heavy atom. The summed E-state index contributed by atoms with van der Waals surface area (Å²) in [7, 11) is 1.67. The Hall–Kier alpha value is -1.83. The molecule has 0 amide bonds. The van der Waals surface area contributed by atoms with Gasteiger partial charge in [-0.05, 0) is 37.0 Å². The number of hydrogen-bond donors (Lipinski definition) is 2. The second kappa shape index (κ2) is 14.2. The number of benzene rings is 1. The highest BCUT2D eigenvalue weighted by molar-refractivity contribution is 5.79. The fourth-order valence-electron chi connectivity index (χ4n) is 3.40. The molecule has 1 aliphatic rings. The van der Waals surface area contributed by atoms with Gasteiger partial charge in [0.15, 0.2) is 5.96 Å². The molecule has 0 bridgehead atoms. The number of rotatable bonds is 12. The molecule has 1 aromatic rings. The Bertz CT molecular complexity index is 607. The van der Waals surface area contributed by atoms with E-state index in [1.807, 2.05) is 24.3 Å². The van der Waals surface area contributed by atoms with Gasteiger partial charge >= 0.3 is 0 Å². The van der Waals surface area contributed by atoms with E-state index >= 15 is 0 Å². The minimum absolute atomic E-state index is 0.167. The first kappa shape index (κ1) is 24.4. The average Bonchev–Trinajstić information content (AvgIpc) is 2.74. The number of morpholine rings is 1. The number of guanidine groups is 1. The maximum Gasteiger partial charge on any atom is 0.191 e. The molecule has 0 aliphatic carbocycles. The van der Waals surface area contributed by atoms with Crippen LogP contribution < -0.4 is 15.4 Å². The lowest BCUT2D eigenvalue weighted by atomic mass is 10.2. The van der Waals surface area contributed by atoms with E-state index in [4.69, 9.17) is 19.2 Å². The summed E-state index contributed by atoms with van der Waals surface area (Å²) < 4.78 is 16.8. The van der Waals surface area contributed by atoms with Crippen LogP contribution in [0.3, 0.4) is 0 Å². The predicted molar refractivity (Wildman–Crippen MR) is 122 cm³/mol. The lowest BCUT2D eigenvalue weighted by molar-refractivity contribution is -0.0261. The van der Waals surface area contributed by atoms with Gasteiger partial charge in [0, 0.05) is 39.3 Å². The van der Waals surface area contributed by atoms with Crippen molar-refractivity contribution in [3.63, 3.8) is 0 Å². The largest absolute Gasteiger partial charge is 0.497 e. The molecule has 1 fully saturated rings. The van der Waals surface area contributed by atoms with E-state index in [0.29, 0.717) is 25.7 Å². The van der Waals surface area contributed by atoms with Crippen LogP contribution in [-0.2, 0) is 16.1 Å². The zero-order valence-corrected chi connectivity index (χ0v) is 19.2. The Kier molecular flexibility index (Phi) is 11.6. The van der Waals surface area contributed by atoms with Crippen LogP contribution in [-0.4, -0.2) is 76.6 Å². The van der Waals surface area contributed by atoms with E-state index in [9.17, 15) is 0 Å². The Labute approximate surface area is 182 Å². The summed E-state index contributed by atoms with van der Waals surface area (Å²) >= 11 is 0. The number of nitrogens with one attached hydrogen (secondary N) is 2. The van der Waals surface area contributed by atoms with E-state index in [1.165, 1.54) is 0 Å². The van der Waals surface area contributed by atoms with E-state index in [-0.39, 0.29) is 6.10 Å². The third-order valence-electron chi connectivity index (χ3n) is 4.83. The Morgan fingerprint density at radius 2 is 2.07 bits per heavy atom. The third-order valence-corrected chi connectivity index (χ3v) is 4.83. The van der Waals surface area contributed by atoms with Gasteiger partial charge in [0.25, 0.3) is 0 Å². The third kappa shape index (κ3) is 9.78. The van der Waals surface area contributed by atoms with E-state index in [2.05, 4.69) is 36.3 Å². The summed E-state index contributed by atoms with van der Waals surface area (Å²) in [6.45, 7) is 14.2. The zero-order chi connectivity index (χ0) is 21.6. The second-order valence-corrected chi connectivity index (χ2v) is 8.05. The van der Waals surface area contributed by atoms with E-state index < -0.39 is 0 Å². The summed E-state index contributed by atoms with van der Waals surface area (Å²) in [4.78, 5) is 7.20. The lowest BCUT2D eigenvalue weighted by Gasteiger charge is -2.33. The lowest BCUT2D eigenvalue weighted by Crippen LogP contribution is -2.46. The van der Waals surface area contributed by atoms with Crippen molar-refractivity contribution in [2.75, 3.05) is 59.6 Å². The molecule has 1 unspecified atom stereocenters. The summed E-state index contributed by atoms with van der Waals surface area (Å²) in [5.41, 5.74) is 1.15. The van der Waals surface area contributed by atoms with Gasteiger partial charge in [0.1, 0.15) is 5.75 Å². The van der Waals surface area contributed by atoms with Gasteiger partial charge in [-0.25, -0.2) is 0 Å². The van der Waals surface area contributed by atoms with Crippen molar-refractivity contribution in [2.24, 2.45) is 10.9 Å². The van der Waals surface area contributed by atoms with Crippen molar-refractivity contribution < 1.29 is 14.2 Å². The van der Waals surface area contributed by atoms with Crippen molar-refractivity contribution in [1.82, 2.24) is 15.5 Å². The van der Waals surface area contributed by atoms with Crippen LogP contribution in [0.5, 0.6) is 5.75 Å².